The van der Waals surface area contributed by atoms with E-state index in [0.717, 1.165) is 25.8 Å². The molecule has 4 heteroatoms. The van der Waals surface area contributed by atoms with Gasteiger partial charge in [-0.25, -0.2) is 0 Å². The van der Waals surface area contributed by atoms with Gasteiger partial charge in [-0.3, -0.25) is 9.59 Å². The average Bonchev–Trinajstić information content (AvgIpc) is 2.83. The van der Waals surface area contributed by atoms with Gasteiger partial charge in [0.05, 0.1) is 5.41 Å². The van der Waals surface area contributed by atoms with Gasteiger partial charge in [-0.15, -0.1) is 0 Å². The Balaban J connectivity index is 1.78. The van der Waals surface area contributed by atoms with Crippen LogP contribution in [0.5, 0.6) is 0 Å². The van der Waals surface area contributed by atoms with Crippen LogP contribution in [0.1, 0.15) is 33.1 Å². The number of fused-ring (bicyclic) bond motifs is 5. The van der Waals surface area contributed by atoms with Crippen molar-refractivity contribution in [2.75, 3.05) is 12.8 Å². The van der Waals surface area contributed by atoms with Crippen LogP contribution in [0, 0.1) is 28.6 Å². The number of rotatable bonds is 1. The molecule has 0 aromatic carbocycles. The van der Waals surface area contributed by atoms with Gasteiger partial charge in [0.1, 0.15) is 0 Å². The first kappa shape index (κ1) is 15.5. The molecule has 4 rings (SSSR count). The fourth-order valence-corrected chi connectivity index (χ4v) is 6.82. The van der Waals surface area contributed by atoms with Crippen molar-refractivity contribution in [3.63, 3.8) is 0 Å². The second-order valence-corrected chi connectivity index (χ2v) is 9.20. The first-order valence-corrected chi connectivity index (χ1v) is 9.94. The van der Waals surface area contributed by atoms with E-state index in [-0.39, 0.29) is 22.5 Å². The van der Waals surface area contributed by atoms with Crippen LogP contribution >= 0.6 is 11.8 Å². The lowest BCUT2D eigenvalue weighted by Crippen LogP contribution is -2.54. The summed E-state index contributed by atoms with van der Waals surface area (Å²) in [5, 5.41) is 3.65. The molecule has 1 saturated heterocycles. The molecule has 0 spiro atoms. The highest BCUT2D eigenvalue weighted by Gasteiger charge is 2.61. The summed E-state index contributed by atoms with van der Waals surface area (Å²) in [6.45, 7) is 5.30. The van der Waals surface area contributed by atoms with Gasteiger partial charge in [-0.1, -0.05) is 25.5 Å². The van der Waals surface area contributed by atoms with Gasteiger partial charge < -0.3 is 5.32 Å². The Labute approximate surface area is 142 Å². The highest BCUT2D eigenvalue weighted by atomic mass is 32.2. The molecule has 0 aromatic heterocycles. The van der Waals surface area contributed by atoms with Gasteiger partial charge in [-0.05, 0) is 55.4 Å². The summed E-state index contributed by atoms with van der Waals surface area (Å²) in [4.78, 5) is 24.3. The molecule has 1 heterocycles. The van der Waals surface area contributed by atoms with Crippen LogP contribution in [-0.4, -0.2) is 29.7 Å². The number of amides is 1. The van der Waals surface area contributed by atoms with E-state index in [2.05, 4.69) is 31.5 Å². The van der Waals surface area contributed by atoms with Crippen LogP contribution in [0.25, 0.3) is 0 Å². The Morgan fingerprint density at radius 2 is 2.04 bits per heavy atom. The van der Waals surface area contributed by atoms with E-state index in [9.17, 15) is 9.59 Å². The summed E-state index contributed by atoms with van der Waals surface area (Å²) >= 11 is 1.92. The summed E-state index contributed by atoms with van der Waals surface area (Å²) in [6, 6.07) is 0. The second-order valence-electron chi connectivity index (χ2n) is 8.12. The van der Waals surface area contributed by atoms with Gasteiger partial charge in [0.2, 0.25) is 5.91 Å². The van der Waals surface area contributed by atoms with Crippen LogP contribution in [-0.2, 0) is 9.59 Å². The summed E-state index contributed by atoms with van der Waals surface area (Å²) in [7, 11) is 0. The fraction of sp³-hybridized carbons (Fsp3) is 0.684. The highest BCUT2D eigenvalue weighted by Crippen LogP contribution is 2.62. The maximum atomic E-state index is 12.4. The second kappa shape index (κ2) is 4.98. The number of hydrogen-bond acceptors (Lipinski definition) is 3. The average molecular weight is 331 g/mol. The van der Waals surface area contributed by atoms with Crippen molar-refractivity contribution in [1.82, 2.24) is 5.32 Å². The SMILES string of the molecule is CS[C@@H]1CC2=CC(=O)C=C[C@]2(C)[C@H]2CC[C@]3(C)C(=O)NC[C@H]3[C@H]12. The van der Waals surface area contributed by atoms with Crippen molar-refractivity contribution in [3.8, 4) is 0 Å². The molecule has 0 radical (unpaired) electrons. The largest absolute Gasteiger partial charge is 0.355 e. The molecule has 0 unspecified atom stereocenters. The van der Waals surface area contributed by atoms with Crippen LogP contribution in [0.3, 0.4) is 0 Å². The molecule has 23 heavy (non-hydrogen) atoms. The predicted octanol–water partition coefficient (Wildman–Crippen LogP) is 2.97. The third-order valence-electron chi connectivity index (χ3n) is 7.25. The minimum absolute atomic E-state index is 0.00221. The zero-order valence-electron chi connectivity index (χ0n) is 14.1. The zero-order valence-corrected chi connectivity index (χ0v) is 14.9. The van der Waals surface area contributed by atoms with Crippen molar-refractivity contribution in [1.29, 1.82) is 0 Å². The van der Waals surface area contributed by atoms with Crippen molar-refractivity contribution in [2.24, 2.45) is 28.6 Å². The molecular weight excluding hydrogens is 306 g/mol. The number of nitrogens with one attached hydrogen (secondary N) is 1. The molecule has 4 aliphatic rings. The van der Waals surface area contributed by atoms with E-state index in [1.807, 2.05) is 17.8 Å². The summed E-state index contributed by atoms with van der Waals surface area (Å²) < 4.78 is 0. The van der Waals surface area contributed by atoms with Gasteiger partial charge in [-0.2, -0.15) is 11.8 Å². The van der Waals surface area contributed by atoms with Crippen LogP contribution < -0.4 is 5.32 Å². The number of allylic oxidation sites excluding steroid dienone is 4. The molecule has 0 aromatic rings. The third kappa shape index (κ3) is 1.97. The Bertz CT molecular complexity index is 639. The van der Waals surface area contributed by atoms with Gasteiger partial charge >= 0.3 is 0 Å². The normalized spacial score (nSPS) is 48.2. The monoisotopic (exact) mass is 331 g/mol. The van der Waals surface area contributed by atoms with E-state index >= 15 is 0 Å². The Morgan fingerprint density at radius 1 is 1.26 bits per heavy atom. The van der Waals surface area contributed by atoms with Crippen molar-refractivity contribution in [2.45, 2.75) is 38.4 Å². The zero-order chi connectivity index (χ0) is 16.4. The first-order valence-electron chi connectivity index (χ1n) is 8.65. The number of carbonyl (C=O) groups is 2. The maximum absolute atomic E-state index is 12.4. The minimum atomic E-state index is -0.194. The standard InChI is InChI=1S/C19H25NO2S/c1-18-6-4-12(21)8-11(18)9-15(23-3)16-13(18)5-7-19(2)14(16)10-20-17(19)22/h4,6,8,13-16H,5,7,9-10H2,1-3H3,(H,20,22)/t13-,14-,15+,16+,18-,19-/m0/s1. The molecule has 2 saturated carbocycles. The Kier molecular flexibility index (Phi) is 3.36. The van der Waals surface area contributed by atoms with Crippen molar-refractivity contribution < 1.29 is 9.59 Å². The summed E-state index contributed by atoms with van der Waals surface area (Å²) in [5.41, 5.74) is 1.12. The Morgan fingerprint density at radius 3 is 2.78 bits per heavy atom. The lowest BCUT2D eigenvalue weighted by atomic mass is 9.48. The first-order chi connectivity index (χ1) is 10.9. The number of thioether (sulfide) groups is 1. The summed E-state index contributed by atoms with van der Waals surface area (Å²) in [6.07, 6.45) is 11.0. The summed E-state index contributed by atoms with van der Waals surface area (Å²) in [5.74, 6) is 1.89. The van der Waals surface area contributed by atoms with Crippen molar-refractivity contribution in [3.05, 3.63) is 23.8 Å². The molecule has 0 bridgehead atoms. The lowest BCUT2D eigenvalue weighted by Gasteiger charge is -2.57. The number of carbonyl (C=O) groups excluding carboxylic acids is 2. The quantitative estimate of drug-likeness (QED) is 0.803. The molecule has 3 aliphatic carbocycles. The molecular formula is C19H25NO2S. The van der Waals surface area contributed by atoms with E-state index in [1.54, 1.807) is 6.08 Å². The molecule has 1 amide bonds. The van der Waals surface area contributed by atoms with Gasteiger partial charge in [0.25, 0.3) is 0 Å². The predicted molar refractivity (Wildman–Crippen MR) is 93.1 cm³/mol. The minimum Gasteiger partial charge on any atom is -0.355 e. The number of hydrogen-bond donors (Lipinski definition) is 1. The lowest BCUT2D eigenvalue weighted by molar-refractivity contribution is -0.132. The highest BCUT2D eigenvalue weighted by molar-refractivity contribution is 7.99. The molecule has 124 valence electrons. The van der Waals surface area contributed by atoms with E-state index in [4.69, 9.17) is 0 Å². The van der Waals surface area contributed by atoms with Crippen LogP contribution in [0.15, 0.2) is 23.8 Å². The van der Waals surface area contributed by atoms with Crippen LogP contribution in [0.4, 0.5) is 0 Å². The van der Waals surface area contributed by atoms with Crippen molar-refractivity contribution >= 4 is 23.5 Å². The van der Waals surface area contributed by atoms with Gasteiger partial charge in [0.15, 0.2) is 5.78 Å². The van der Waals surface area contributed by atoms with E-state index in [0.29, 0.717) is 23.0 Å². The maximum Gasteiger partial charge on any atom is 0.226 e. The molecule has 6 atom stereocenters. The molecule has 3 fully saturated rings. The van der Waals surface area contributed by atoms with Gasteiger partial charge in [0, 0.05) is 17.2 Å². The third-order valence-corrected chi connectivity index (χ3v) is 8.34. The smallest absolute Gasteiger partial charge is 0.226 e. The molecule has 1 aliphatic heterocycles. The molecule has 1 N–H and O–H groups in total. The fourth-order valence-electron chi connectivity index (χ4n) is 5.78. The topological polar surface area (TPSA) is 46.2 Å². The van der Waals surface area contributed by atoms with Crippen LogP contribution in [0.2, 0.25) is 0 Å². The molecule has 3 nitrogen and oxygen atoms in total. The Hall–Kier alpha value is -1.03. The number of ketones is 1. The van der Waals surface area contributed by atoms with E-state index < -0.39 is 0 Å². The van der Waals surface area contributed by atoms with E-state index in [1.165, 1.54) is 5.57 Å².